The summed E-state index contributed by atoms with van der Waals surface area (Å²) < 4.78 is 39.0. The molecule has 22 heavy (non-hydrogen) atoms. The number of hydrogen-bond donors (Lipinski definition) is 0. The van der Waals surface area contributed by atoms with Gasteiger partial charge in [-0.15, -0.1) is 0 Å². The lowest BCUT2D eigenvalue weighted by Crippen LogP contribution is -2.11. The molecule has 0 atom stereocenters. The second-order valence-corrected chi connectivity index (χ2v) is 6.80. The Hall–Kier alpha value is -1.51. The van der Waals surface area contributed by atoms with Gasteiger partial charge in [0, 0.05) is 13.3 Å². The van der Waals surface area contributed by atoms with Crippen molar-refractivity contribution in [3.8, 4) is 0 Å². The average Bonchev–Trinajstić information content (AvgIpc) is 2.37. The molecule has 0 radical (unpaired) electrons. The predicted molar refractivity (Wildman–Crippen MR) is 83.6 cm³/mol. The molecule has 1 aromatic rings. The van der Waals surface area contributed by atoms with E-state index in [4.69, 9.17) is 4.84 Å². The number of hydrogen-bond acceptors (Lipinski definition) is 3. The van der Waals surface area contributed by atoms with E-state index in [0.29, 0.717) is 10.9 Å². The Bertz CT molecular complexity index is 475. The van der Waals surface area contributed by atoms with Gasteiger partial charge in [-0.1, -0.05) is 35.5 Å². The van der Waals surface area contributed by atoms with Gasteiger partial charge in [-0.3, -0.25) is 0 Å². The van der Waals surface area contributed by atoms with Gasteiger partial charge in [0.15, 0.2) is 0 Å². The standard InChI is InChI=1S/C13H18NO2S.BF4/c1-11(15)16-14-13(9-10-17(2)3)12-7-5-4-6-8-12;2-1(3,4)5/h4-8H,9-10H2,1-3H3;/q+1;-1. The molecule has 0 spiro atoms. The van der Waals surface area contributed by atoms with Crippen LogP contribution < -0.4 is 0 Å². The van der Waals surface area contributed by atoms with E-state index in [1.807, 2.05) is 30.3 Å². The van der Waals surface area contributed by atoms with Gasteiger partial charge in [-0.25, -0.2) is 4.79 Å². The van der Waals surface area contributed by atoms with Crippen LogP contribution in [0.15, 0.2) is 35.5 Å². The highest BCUT2D eigenvalue weighted by atomic mass is 32.2. The van der Waals surface area contributed by atoms with Gasteiger partial charge in [-0.05, 0) is 16.5 Å². The molecule has 0 aliphatic heterocycles. The molecule has 0 heterocycles. The van der Waals surface area contributed by atoms with Crippen molar-refractivity contribution in [3.05, 3.63) is 35.9 Å². The van der Waals surface area contributed by atoms with Crippen molar-refractivity contribution < 1.29 is 26.9 Å². The zero-order valence-electron chi connectivity index (χ0n) is 12.6. The van der Waals surface area contributed by atoms with Crippen LogP contribution in [0.4, 0.5) is 17.3 Å². The van der Waals surface area contributed by atoms with Crippen molar-refractivity contribution in [2.45, 2.75) is 13.3 Å². The Balaban J connectivity index is 0.000000763. The van der Waals surface area contributed by atoms with E-state index >= 15 is 0 Å². The largest absolute Gasteiger partial charge is 0.673 e. The van der Waals surface area contributed by atoms with Crippen LogP contribution in [0.3, 0.4) is 0 Å². The minimum atomic E-state index is -6.00. The van der Waals surface area contributed by atoms with Gasteiger partial charge in [0.25, 0.3) is 0 Å². The molecule has 124 valence electrons. The number of rotatable bonds is 5. The third-order valence-electron chi connectivity index (χ3n) is 2.14. The molecule has 1 rings (SSSR count). The SMILES string of the molecule is CC(=O)ON=C(CC[S+](C)C)c1ccccc1.F[B-](F)(F)F. The van der Waals surface area contributed by atoms with Crippen LogP contribution in [-0.2, 0) is 20.5 Å². The molecule has 1 aromatic carbocycles. The topological polar surface area (TPSA) is 38.7 Å². The molecule has 9 heteroatoms. The third kappa shape index (κ3) is 13.5. The minimum Gasteiger partial charge on any atom is -0.418 e. The smallest absolute Gasteiger partial charge is 0.418 e. The Morgan fingerprint density at radius 2 is 1.68 bits per heavy atom. The van der Waals surface area contributed by atoms with Crippen molar-refractivity contribution in [2.24, 2.45) is 5.16 Å². The molecule has 0 N–H and O–H groups in total. The Morgan fingerprint density at radius 1 is 1.18 bits per heavy atom. The molecule has 0 saturated heterocycles. The van der Waals surface area contributed by atoms with E-state index in [1.54, 1.807) is 0 Å². The Morgan fingerprint density at radius 3 is 2.09 bits per heavy atom. The maximum atomic E-state index is 10.8. The van der Waals surface area contributed by atoms with Crippen LogP contribution >= 0.6 is 0 Å². The van der Waals surface area contributed by atoms with Gasteiger partial charge in [0.05, 0.1) is 18.2 Å². The van der Waals surface area contributed by atoms with Gasteiger partial charge in [0.1, 0.15) is 5.75 Å². The fourth-order valence-electron chi connectivity index (χ4n) is 1.29. The number of carbonyl (C=O) groups is 1. The lowest BCUT2D eigenvalue weighted by atomic mass is 10.1. The summed E-state index contributed by atoms with van der Waals surface area (Å²) in [7, 11) is -5.65. The maximum absolute atomic E-state index is 10.8. The molecule has 3 nitrogen and oxygen atoms in total. The molecule has 0 bridgehead atoms. The Kier molecular flexibility index (Phi) is 9.56. The van der Waals surface area contributed by atoms with E-state index in [0.717, 1.165) is 23.4 Å². The van der Waals surface area contributed by atoms with Crippen LogP contribution in [0.1, 0.15) is 18.9 Å². The van der Waals surface area contributed by atoms with E-state index in [1.165, 1.54) is 6.92 Å². The van der Waals surface area contributed by atoms with Crippen molar-refractivity contribution in [3.63, 3.8) is 0 Å². The molecule has 0 saturated carbocycles. The summed E-state index contributed by atoms with van der Waals surface area (Å²) >= 11 is 0. The molecule has 0 aliphatic carbocycles. The maximum Gasteiger partial charge on any atom is 0.673 e. The van der Waals surface area contributed by atoms with Gasteiger partial charge < -0.3 is 22.1 Å². The molecule has 0 amide bonds. The molecule has 0 aliphatic rings. The number of halogens is 4. The third-order valence-corrected chi connectivity index (χ3v) is 3.16. The minimum absolute atomic E-state index is 0.354. The molecular formula is C13H18BF4NO2S. The van der Waals surface area contributed by atoms with Gasteiger partial charge in [0.2, 0.25) is 0 Å². The van der Waals surface area contributed by atoms with Crippen molar-refractivity contribution in [1.29, 1.82) is 0 Å². The quantitative estimate of drug-likeness (QED) is 0.206. The lowest BCUT2D eigenvalue weighted by molar-refractivity contribution is -0.140. The number of nitrogens with zero attached hydrogens (tertiary/aromatic N) is 1. The van der Waals surface area contributed by atoms with Gasteiger partial charge in [-0.2, -0.15) is 0 Å². The number of oxime groups is 1. The Labute approximate surface area is 130 Å². The van der Waals surface area contributed by atoms with Crippen LogP contribution in [0.25, 0.3) is 0 Å². The van der Waals surface area contributed by atoms with Crippen LogP contribution in [0, 0.1) is 0 Å². The first-order valence-corrected chi connectivity index (χ1v) is 8.52. The fourth-order valence-corrected chi connectivity index (χ4v) is 1.89. The predicted octanol–water partition coefficient (Wildman–Crippen LogP) is 3.52. The number of carbonyl (C=O) groups excluding carboxylic acids is 1. The second-order valence-electron chi connectivity index (χ2n) is 4.42. The van der Waals surface area contributed by atoms with E-state index < -0.39 is 7.25 Å². The first-order chi connectivity index (χ1) is 10.1. The summed E-state index contributed by atoms with van der Waals surface area (Å²) in [4.78, 5) is 15.5. The summed E-state index contributed by atoms with van der Waals surface area (Å²) in [6, 6.07) is 9.82. The van der Waals surface area contributed by atoms with Crippen molar-refractivity contribution in [1.82, 2.24) is 0 Å². The van der Waals surface area contributed by atoms with E-state index in [2.05, 4.69) is 17.7 Å². The molecular weight excluding hydrogens is 321 g/mol. The van der Waals surface area contributed by atoms with Gasteiger partial charge >= 0.3 is 13.2 Å². The van der Waals surface area contributed by atoms with Crippen molar-refractivity contribution in [2.75, 3.05) is 18.3 Å². The van der Waals surface area contributed by atoms with E-state index in [9.17, 15) is 22.1 Å². The van der Waals surface area contributed by atoms with E-state index in [-0.39, 0.29) is 5.97 Å². The molecule has 0 aromatic heterocycles. The number of benzene rings is 1. The zero-order valence-corrected chi connectivity index (χ0v) is 13.4. The second kappa shape index (κ2) is 10.3. The summed E-state index contributed by atoms with van der Waals surface area (Å²) in [6.45, 7) is 1.36. The normalized spacial score (nSPS) is 11.7. The average molecular weight is 339 g/mol. The first kappa shape index (κ1) is 20.5. The van der Waals surface area contributed by atoms with Crippen LogP contribution in [0.2, 0.25) is 0 Å². The monoisotopic (exact) mass is 339 g/mol. The lowest BCUT2D eigenvalue weighted by Gasteiger charge is -2.04. The highest BCUT2D eigenvalue weighted by molar-refractivity contribution is 7.95. The summed E-state index contributed by atoms with van der Waals surface area (Å²) in [5, 5.41) is 3.94. The summed E-state index contributed by atoms with van der Waals surface area (Å²) in [5.41, 5.74) is 1.85. The molecule has 0 unspecified atom stereocenters. The van der Waals surface area contributed by atoms with Crippen molar-refractivity contribution >= 4 is 29.8 Å². The van der Waals surface area contributed by atoms with Crippen LogP contribution in [-0.4, -0.2) is 37.2 Å². The molecule has 0 fully saturated rings. The summed E-state index contributed by atoms with van der Waals surface area (Å²) in [6.07, 6.45) is 5.20. The highest BCUT2D eigenvalue weighted by Gasteiger charge is 2.20. The summed E-state index contributed by atoms with van der Waals surface area (Å²) in [5.74, 6) is 0.667. The fraction of sp³-hybridized carbons (Fsp3) is 0.385. The van der Waals surface area contributed by atoms with Crippen LogP contribution in [0.5, 0.6) is 0 Å². The first-order valence-electron chi connectivity index (χ1n) is 6.31. The highest BCUT2D eigenvalue weighted by Crippen LogP contribution is 2.07. The zero-order chi connectivity index (χ0) is 17.2.